The number of rotatable bonds is 1. The zero-order valence-corrected chi connectivity index (χ0v) is 8.80. The van der Waals surface area contributed by atoms with E-state index in [1.165, 1.54) is 0 Å². The number of ether oxygens (including phenoxy) is 1. The van der Waals surface area contributed by atoms with Crippen molar-refractivity contribution < 1.29 is 9.53 Å². The molecule has 2 nitrogen and oxygen atoms in total. The van der Waals surface area contributed by atoms with Crippen molar-refractivity contribution in [2.24, 2.45) is 5.41 Å². The van der Waals surface area contributed by atoms with E-state index in [4.69, 9.17) is 4.74 Å². The Labute approximate surface area is 84.6 Å². The number of ketones is 1. The fourth-order valence-electron chi connectivity index (χ4n) is 2.20. The van der Waals surface area contributed by atoms with Gasteiger partial charge in [-0.05, 0) is 5.41 Å². The van der Waals surface area contributed by atoms with Crippen LogP contribution in [-0.2, 0) is 9.53 Å². The first kappa shape index (κ1) is 9.50. The van der Waals surface area contributed by atoms with E-state index in [0.29, 0.717) is 6.42 Å². The van der Waals surface area contributed by atoms with Crippen LogP contribution in [0.3, 0.4) is 0 Å². The van der Waals surface area contributed by atoms with Gasteiger partial charge in [-0.3, -0.25) is 4.79 Å². The van der Waals surface area contributed by atoms with Crippen LogP contribution in [0, 0.1) is 5.41 Å². The lowest BCUT2D eigenvalue weighted by molar-refractivity contribution is -0.118. The van der Waals surface area contributed by atoms with Gasteiger partial charge in [-0.15, -0.1) is 0 Å². The molecule has 1 aliphatic heterocycles. The Morgan fingerprint density at radius 2 is 2.21 bits per heavy atom. The molecule has 2 rings (SSSR count). The van der Waals surface area contributed by atoms with E-state index in [2.05, 4.69) is 20.4 Å². The van der Waals surface area contributed by atoms with Gasteiger partial charge in [-0.2, -0.15) is 0 Å². The lowest BCUT2D eigenvalue weighted by atomic mass is 9.76. The first-order chi connectivity index (χ1) is 6.52. The predicted molar refractivity (Wildman–Crippen MR) is 54.7 cm³/mol. The van der Waals surface area contributed by atoms with Crippen LogP contribution in [-0.4, -0.2) is 11.9 Å². The maximum atomic E-state index is 11.8. The predicted octanol–water partition coefficient (Wildman–Crippen LogP) is 2.60. The fraction of sp³-hybridized carbons (Fsp3) is 0.583. The Kier molecular flexibility index (Phi) is 2.02. The lowest BCUT2D eigenvalue weighted by Gasteiger charge is -2.28. The zero-order chi connectivity index (χ0) is 10.3. The van der Waals surface area contributed by atoms with E-state index in [9.17, 15) is 4.79 Å². The van der Waals surface area contributed by atoms with E-state index in [1.54, 1.807) is 6.08 Å². The maximum absolute atomic E-state index is 11.8. The number of carbonyl (C=O) groups is 1. The maximum Gasteiger partial charge on any atom is 0.162 e. The zero-order valence-electron chi connectivity index (χ0n) is 8.80. The summed E-state index contributed by atoms with van der Waals surface area (Å²) in [6, 6.07) is 0. The molecule has 14 heavy (non-hydrogen) atoms. The molecular formula is C12H16O2. The van der Waals surface area contributed by atoms with Crippen molar-refractivity contribution in [1.29, 1.82) is 0 Å². The van der Waals surface area contributed by atoms with E-state index in [-0.39, 0.29) is 17.3 Å². The average molecular weight is 192 g/mol. The van der Waals surface area contributed by atoms with Gasteiger partial charge in [-0.25, -0.2) is 0 Å². The second-order valence-corrected chi connectivity index (χ2v) is 4.94. The molecule has 0 saturated carbocycles. The third-order valence-electron chi connectivity index (χ3n) is 2.91. The minimum absolute atomic E-state index is 0.0258. The van der Waals surface area contributed by atoms with Crippen LogP contribution in [0.2, 0.25) is 0 Å². The Morgan fingerprint density at radius 1 is 1.50 bits per heavy atom. The summed E-state index contributed by atoms with van der Waals surface area (Å²) in [6.45, 7) is 7.92. The summed E-state index contributed by atoms with van der Waals surface area (Å²) in [7, 11) is 0. The summed E-state index contributed by atoms with van der Waals surface area (Å²) < 4.78 is 5.66. The van der Waals surface area contributed by atoms with Gasteiger partial charge in [0.05, 0.1) is 0 Å². The number of carbonyl (C=O) groups excluding carboxylic acids is 1. The van der Waals surface area contributed by atoms with Crippen LogP contribution in [0.25, 0.3) is 0 Å². The Hall–Kier alpha value is -1.05. The molecule has 0 bridgehead atoms. The van der Waals surface area contributed by atoms with Gasteiger partial charge < -0.3 is 4.74 Å². The Bertz CT molecular complexity index is 323. The third kappa shape index (κ3) is 1.49. The molecule has 0 fully saturated rings. The second-order valence-electron chi connectivity index (χ2n) is 4.94. The number of hydrogen-bond donors (Lipinski definition) is 0. The second kappa shape index (κ2) is 2.97. The van der Waals surface area contributed by atoms with Gasteiger partial charge >= 0.3 is 0 Å². The highest BCUT2D eigenvalue weighted by Gasteiger charge is 2.38. The molecule has 1 atom stereocenters. The molecule has 0 aromatic carbocycles. The number of hydrogen-bond acceptors (Lipinski definition) is 2. The van der Waals surface area contributed by atoms with Gasteiger partial charge in [0.15, 0.2) is 5.78 Å². The van der Waals surface area contributed by atoms with Crippen LogP contribution in [0.1, 0.15) is 33.1 Å². The van der Waals surface area contributed by atoms with Crippen molar-refractivity contribution in [1.82, 2.24) is 0 Å². The van der Waals surface area contributed by atoms with Gasteiger partial charge in [0, 0.05) is 24.8 Å². The average Bonchev–Trinajstić information content (AvgIpc) is 2.45. The molecule has 0 amide bonds. The van der Waals surface area contributed by atoms with Crippen LogP contribution in [0.4, 0.5) is 0 Å². The molecular weight excluding hydrogens is 176 g/mol. The summed E-state index contributed by atoms with van der Waals surface area (Å²) in [6.07, 6.45) is 4.07. The molecule has 2 heteroatoms. The standard InChI is InChI=1S/C12H16O2/c1-4-8-5-9-10(13)6-12(2,3)7-11(9)14-8/h4,8H,1,5-7H2,2-3H3. The highest BCUT2D eigenvalue weighted by atomic mass is 16.5. The molecule has 0 spiro atoms. The SMILES string of the molecule is C=CC1CC2=C(CC(C)(C)CC2=O)O1. The van der Waals surface area contributed by atoms with E-state index in [1.807, 2.05) is 0 Å². The highest BCUT2D eigenvalue weighted by molar-refractivity contribution is 5.97. The molecule has 0 N–H and O–H groups in total. The van der Waals surface area contributed by atoms with Crippen LogP contribution < -0.4 is 0 Å². The molecule has 0 aromatic rings. The molecule has 2 aliphatic rings. The van der Waals surface area contributed by atoms with Gasteiger partial charge in [0.25, 0.3) is 0 Å². The van der Waals surface area contributed by atoms with Crippen molar-refractivity contribution in [3.8, 4) is 0 Å². The summed E-state index contributed by atoms with van der Waals surface area (Å²) in [4.78, 5) is 11.8. The van der Waals surface area contributed by atoms with Crippen LogP contribution in [0.5, 0.6) is 0 Å². The van der Waals surface area contributed by atoms with Crippen molar-refractivity contribution >= 4 is 5.78 Å². The fourth-order valence-corrected chi connectivity index (χ4v) is 2.20. The number of Topliss-reactive ketones (excluding diaryl/α,β-unsaturated/α-hetero) is 1. The van der Waals surface area contributed by atoms with E-state index >= 15 is 0 Å². The lowest BCUT2D eigenvalue weighted by Crippen LogP contribution is -2.24. The highest BCUT2D eigenvalue weighted by Crippen LogP contribution is 2.42. The molecule has 76 valence electrons. The summed E-state index contributed by atoms with van der Waals surface area (Å²) >= 11 is 0. The largest absolute Gasteiger partial charge is 0.490 e. The van der Waals surface area contributed by atoms with Crippen molar-refractivity contribution in [3.63, 3.8) is 0 Å². The first-order valence-corrected chi connectivity index (χ1v) is 5.06. The van der Waals surface area contributed by atoms with Gasteiger partial charge in [0.1, 0.15) is 11.9 Å². The minimum atomic E-state index is 0.0258. The van der Waals surface area contributed by atoms with Crippen LogP contribution in [0.15, 0.2) is 24.0 Å². The molecule has 0 radical (unpaired) electrons. The summed E-state index contributed by atoms with van der Waals surface area (Å²) in [5.41, 5.74) is 0.973. The molecule has 0 saturated heterocycles. The van der Waals surface area contributed by atoms with Crippen molar-refractivity contribution in [2.45, 2.75) is 39.2 Å². The normalized spacial score (nSPS) is 29.9. The topological polar surface area (TPSA) is 26.3 Å². The molecule has 1 heterocycles. The Morgan fingerprint density at radius 3 is 2.86 bits per heavy atom. The Balaban J connectivity index is 2.25. The van der Waals surface area contributed by atoms with Crippen molar-refractivity contribution in [3.05, 3.63) is 24.0 Å². The summed E-state index contributed by atoms with van der Waals surface area (Å²) in [5, 5.41) is 0. The van der Waals surface area contributed by atoms with E-state index < -0.39 is 0 Å². The van der Waals surface area contributed by atoms with Crippen LogP contribution >= 0.6 is 0 Å². The molecule has 0 aromatic heterocycles. The first-order valence-electron chi connectivity index (χ1n) is 5.06. The van der Waals surface area contributed by atoms with Crippen molar-refractivity contribution in [2.75, 3.05) is 0 Å². The quantitative estimate of drug-likeness (QED) is 0.597. The summed E-state index contributed by atoms with van der Waals surface area (Å²) in [5.74, 6) is 1.18. The van der Waals surface area contributed by atoms with Gasteiger partial charge in [-0.1, -0.05) is 26.5 Å². The van der Waals surface area contributed by atoms with Gasteiger partial charge in [0.2, 0.25) is 0 Å². The van der Waals surface area contributed by atoms with E-state index in [0.717, 1.165) is 24.2 Å². The molecule has 1 aliphatic carbocycles. The number of allylic oxidation sites excluding steroid dienone is 1. The minimum Gasteiger partial charge on any atom is -0.490 e. The molecule has 1 unspecified atom stereocenters. The smallest absolute Gasteiger partial charge is 0.162 e. The third-order valence-corrected chi connectivity index (χ3v) is 2.91. The monoisotopic (exact) mass is 192 g/mol.